The maximum atomic E-state index is 12.8. The Morgan fingerprint density at radius 1 is 1.19 bits per heavy atom. The van der Waals surface area contributed by atoms with E-state index < -0.39 is 0 Å². The molecule has 3 atom stereocenters. The summed E-state index contributed by atoms with van der Waals surface area (Å²) in [6, 6.07) is 9.53. The molecule has 1 aliphatic carbocycles. The summed E-state index contributed by atoms with van der Waals surface area (Å²) in [7, 11) is 2.15. The Balaban J connectivity index is 1.18. The highest BCUT2D eigenvalue weighted by atomic mass is 16.5. The monoisotopic (exact) mass is 582 g/mol. The number of fused-ring (bicyclic) bond motifs is 2. The number of rotatable bonds is 8. The zero-order chi connectivity index (χ0) is 29.3. The topological polar surface area (TPSA) is 106 Å². The number of nitrogens with one attached hydrogen (secondary N) is 1. The van der Waals surface area contributed by atoms with Crippen molar-refractivity contribution < 1.29 is 14.2 Å². The number of aromatic amines is 1. The number of hydrogen-bond acceptors (Lipinski definition) is 8. The Morgan fingerprint density at radius 2 is 2.09 bits per heavy atom. The van der Waals surface area contributed by atoms with Crippen LogP contribution in [0.2, 0.25) is 0 Å². The van der Waals surface area contributed by atoms with Crippen LogP contribution in [-0.2, 0) is 30.7 Å². The van der Waals surface area contributed by atoms with Crippen LogP contribution in [0, 0.1) is 0 Å². The molecule has 7 rings (SSSR count). The molecule has 11 heteroatoms. The fourth-order valence-corrected chi connectivity index (χ4v) is 7.08. The summed E-state index contributed by atoms with van der Waals surface area (Å²) in [6.07, 6.45) is 9.99. The van der Waals surface area contributed by atoms with Crippen molar-refractivity contribution in [2.24, 2.45) is 5.11 Å². The van der Waals surface area contributed by atoms with Gasteiger partial charge in [-0.15, -0.1) is 4.70 Å². The van der Waals surface area contributed by atoms with Gasteiger partial charge in [0.15, 0.2) is 6.54 Å². The number of imidazole rings is 1. The minimum atomic E-state index is -0.0790. The van der Waals surface area contributed by atoms with E-state index in [9.17, 15) is 4.79 Å². The first-order chi connectivity index (χ1) is 21.1. The number of carbonyl (C=O) groups excluding carboxylic acids is 1. The lowest BCUT2D eigenvalue weighted by molar-refractivity contribution is -0.618. The van der Waals surface area contributed by atoms with Crippen LogP contribution in [-0.4, -0.2) is 92.3 Å². The molecule has 1 N–H and O–H groups in total. The number of likely N-dealkylation sites (tertiary alicyclic amines) is 1. The van der Waals surface area contributed by atoms with Crippen molar-refractivity contribution >= 4 is 11.7 Å². The van der Waals surface area contributed by atoms with Crippen LogP contribution < -0.4 is 9.64 Å². The second-order valence-electron chi connectivity index (χ2n) is 12.1. The van der Waals surface area contributed by atoms with Gasteiger partial charge in [0, 0.05) is 44.5 Å². The summed E-state index contributed by atoms with van der Waals surface area (Å²) in [6.45, 7) is 8.56. The van der Waals surface area contributed by atoms with Gasteiger partial charge in [-0.3, -0.25) is 4.79 Å². The number of ether oxygens (including phenoxy) is 1. The van der Waals surface area contributed by atoms with Gasteiger partial charge in [0.2, 0.25) is 12.5 Å². The molecule has 2 fully saturated rings. The van der Waals surface area contributed by atoms with Crippen molar-refractivity contribution in [2.75, 3.05) is 44.7 Å². The first-order valence-corrected chi connectivity index (χ1v) is 15.5. The quantitative estimate of drug-likeness (QED) is 0.321. The van der Waals surface area contributed by atoms with Crippen LogP contribution in [0.4, 0.5) is 5.82 Å². The van der Waals surface area contributed by atoms with Crippen molar-refractivity contribution in [3.63, 3.8) is 0 Å². The Labute approximate surface area is 252 Å². The van der Waals surface area contributed by atoms with E-state index in [1.165, 1.54) is 23.6 Å². The third-order valence-corrected chi connectivity index (χ3v) is 9.43. The molecule has 11 nitrogen and oxygen atoms in total. The average Bonchev–Trinajstić information content (AvgIpc) is 3.84. The van der Waals surface area contributed by atoms with Crippen molar-refractivity contribution in [3.8, 4) is 6.01 Å². The van der Waals surface area contributed by atoms with Gasteiger partial charge < -0.3 is 24.4 Å². The minimum Gasteiger partial charge on any atom is -0.462 e. The maximum absolute atomic E-state index is 12.8. The van der Waals surface area contributed by atoms with Crippen LogP contribution in [0.3, 0.4) is 0 Å². The molecule has 3 aliphatic heterocycles. The lowest BCUT2D eigenvalue weighted by Gasteiger charge is -2.41. The highest BCUT2D eigenvalue weighted by Gasteiger charge is 2.38. The molecule has 2 aromatic heterocycles. The molecular weight excluding hydrogens is 542 g/mol. The molecule has 224 valence electrons. The molecule has 3 aromatic rings. The normalized spacial score (nSPS) is 24.4. The summed E-state index contributed by atoms with van der Waals surface area (Å²) >= 11 is 0. The summed E-state index contributed by atoms with van der Waals surface area (Å²) < 4.78 is 8.44. The summed E-state index contributed by atoms with van der Waals surface area (Å²) in [4.78, 5) is 37.0. The molecule has 0 spiro atoms. The fraction of sp³-hybridized carbons (Fsp3) is 0.500. The zero-order valence-electron chi connectivity index (χ0n) is 24.9. The number of azo groups is 2. The predicted molar refractivity (Wildman–Crippen MR) is 161 cm³/mol. The predicted octanol–water partition coefficient (Wildman–Crippen LogP) is 3.28. The Hall–Kier alpha value is -4.12. The smallest absolute Gasteiger partial charge is 0.318 e. The van der Waals surface area contributed by atoms with Crippen LogP contribution in [0.25, 0.3) is 0 Å². The van der Waals surface area contributed by atoms with E-state index in [0.717, 1.165) is 48.7 Å². The van der Waals surface area contributed by atoms with Crippen molar-refractivity contribution in [1.82, 2.24) is 29.7 Å². The summed E-state index contributed by atoms with van der Waals surface area (Å²) in [5, 5.41) is 5.20. The molecule has 43 heavy (non-hydrogen) atoms. The van der Waals surface area contributed by atoms with E-state index >= 15 is 0 Å². The van der Waals surface area contributed by atoms with Gasteiger partial charge in [0.1, 0.15) is 30.0 Å². The molecule has 0 saturated carbocycles. The fourth-order valence-electron chi connectivity index (χ4n) is 7.08. The van der Waals surface area contributed by atoms with Gasteiger partial charge in [-0.2, -0.15) is 9.97 Å². The van der Waals surface area contributed by atoms with Crippen molar-refractivity contribution in [1.29, 1.82) is 0 Å². The summed E-state index contributed by atoms with van der Waals surface area (Å²) in [5.74, 6) is 1.68. The molecular formula is C32H40N9O2+. The third-order valence-electron chi connectivity index (χ3n) is 9.43. The van der Waals surface area contributed by atoms with Gasteiger partial charge >= 0.3 is 6.01 Å². The highest BCUT2D eigenvalue weighted by molar-refractivity contribution is 5.87. The Bertz CT molecular complexity index is 1520. The number of carbonyl (C=O) groups is 1. The number of H-pyrrole nitrogens is 1. The number of nitrogens with zero attached hydrogens (tertiary/aromatic N) is 8. The Kier molecular flexibility index (Phi) is 7.65. The van der Waals surface area contributed by atoms with E-state index in [4.69, 9.17) is 19.8 Å². The largest absolute Gasteiger partial charge is 0.462 e. The first kappa shape index (κ1) is 27.7. The molecule has 1 amide bonds. The standard InChI is InChI=1S/C32H40N9O2/c1-3-30(42)41-16-15-39(18-24(41)17-29-33-12-13-34-29)31-26-19-40(37-27-11-10-22-7-4-5-9-25(22)27)20-28(26)35-32(36-31)43-21-23-8-6-14-38(23)2/h3-5,7,9,12-13,23-24,27H,1,6,8,10-11,14-21H2,2H3,(H,33,34)/q+1/t23-,24-,27?/m0/s1. The van der Waals surface area contributed by atoms with Gasteiger partial charge in [0.25, 0.3) is 0 Å². The SMILES string of the molecule is C=CC(=O)N1CCN(c2nc(OC[C@@H]3CCCN3C)nc3c2C[N+](=NC2CCc4ccccc42)C3)C[C@@H]1Cc1ncc[nH]1. The molecule has 5 heterocycles. The molecule has 1 unspecified atom stereocenters. The molecule has 0 bridgehead atoms. The molecule has 2 saturated heterocycles. The molecule has 4 aliphatic rings. The number of hydrogen-bond donors (Lipinski definition) is 1. The number of anilines is 1. The number of piperazine rings is 1. The number of benzene rings is 1. The van der Waals surface area contributed by atoms with E-state index in [0.29, 0.717) is 57.8 Å². The minimum absolute atomic E-state index is 0.0596. The second-order valence-corrected chi connectivity index (χ2v) is 12.1. The van der Waals surface area contributed by atoms with Gasteiger partial charge in [-0.25, -0.2) is 4.98 Å². The lowest BCUT2D eigenvalue weighted by atomic mass is 10.1. The second kappa shape index (κ2) is 11.9. The van der Waals surface area contributed by atoms with Crippen LogP contribution in [0.1, 0.15) is 53.5 Å². The van der Waals surface area contributed by atoms with Crippen LogP contribution >= 0.6 is 0 Å². The average molecular weight is 583 g/mol. The van der Waals surface area contributed by atoms with Crippen LogP contribution in [0.15, 0.2) is 54.4 Å². The van der Waals surface area contributed by atoms with Crippen molar-refractivity contribution in [2.45, 2.75) is 63.3 Å². The van der Waals surface area contributed by atoms with Gasteiger partial charge in [-0.05, 0) is 61.6 Å². The number of aromatic nitrogens is 4. The lowest BCUT2D eigenvalue weighted by Crippen LogP contribution is -2.56. The maximum Gasteiger partial charge on any atom is 0.318 e. The number of likely N-dealkylation sites (N-methyl/N-ethyl adjacent to an activating group) is 1. The van der Waals surface area contributed by atoms with E-state index in [-0.39, 0.29) is 18.0 Å². The molecule has 0 radical (unpaired) electrons. The third kappa shape index (κ3) is 5.65. The van der Waals surface area contributed by atoms with Crippen LogP contribution in [0.5, 0.6) is 6.01 Å². The van der Waals surface area contributed by atoms with E-state index in [2.05, 4.69) is 62.4 Å². The highest BCUT2D eigenvalue weighted by Crippen LogP contribution is 2.36. The van der Waals surface area contributed by atoms with Gasteiger partial charge in [0.05, 0.1) is 11.6 Å². The van der Waals surface area contributed by atoms with Crippen molar-refractivity contribution in [3.05, 3.63) is 77.5 Å². The van der Waals surface area contributed by atoms with E-state index in [1.807, 2.05) is 11.1 Å². The first-order valence-electron chi connectivity index (χ1n) is 15.5. The molecule has 1 aromatic carbocycles. The Morgan fingerprint density at radius 3 is 2.91 bits per heavy atom. The summed E-state index contributed by atoms with van der Waals surface area (Å²) in [5.41, 5.74) is 4.80. The number of aryl methyl sites for hydroxylation is 1. The van der Waals surface area contributed by atoms with Gasteiger partial charge in [-0.1, -0.05) is 30.8 Å². The van der Waals surface area contributed by atoms with E-state index in [1.54, 1.807) is 6.20 Å². The zero-order valence-corrected chi connectivity index (χ0v) is 24.9. The number of amides is 1.